The quantitative estimate of drug-likeness (QED) is 0.748. The molecule has 1 amide bonds. The standard InChI is InChI=1S/C9H15N3O/c1-4-8-11-5-6-12(8)7(2)9(13)10-3/h5-7H,4H2,1-3H3,(H,10,13). The number of aromatic nitrogens is 2. The maximum atomic E-state index is 11.3. The first kappa shape index (κ1) is 9.77. The fourth-order valence-corrected chi connectivity index (χ4v) is 1.31. The van der Waals surface area contributed by atoms with E-state index in [9.17, 15) is 4.79 Å². The molecule has 1 rings (SSSR count). The molecular weight excluding hydrogens is 166 g/mol. The summed E-state index contributed by atoms with van der Waals surface area (Å²) in [5.74, 6) is 0.948. The van der Waals surface area contributed by atoms with Crippen LogP contribution in [-0.4, -0.2) is 22.5 Å². The highest BCUT2D eigenvalue weighted by Crippen LogP contribution is 2.09. The first-order valence-electron chi connectivity index (χ1n) is 4.44. The van der Waals surface area contributed by atoms with E-state index in [-0.39, 0.29) is 11.9 Å². The molecule has 1 aromatic heterocycles. The van der Waals surface area contributed by atoms with Gasteiger partial charge in [0.05, 0.1) is 0 Å². The SMILES string of the molecule is CCc1nccn1C(C)C(=O)NC. The van der Waals surface area contributed by atoms with Gasteiger partial charge < -0.3 is 9.88 Å². The van der Waals surface area contributed by atoms with Gasteiger partial charge in [0, 0.05) is 25.9 Å². The van der Waals surface area contributed by atoms with E-state index in [1.54, 1.807) is 13.2 Å². The fourth-order valence-electron chi connectivity index (χ4n) is 1.31. The average molecular weight is 181 g/mol. The van der Waals surface area contributed by atoms with Crippen LogP contribution < -0.4 is 5.32 Å². The molecular formula is C9H15N3O. The first-order chi connectivity index (χ1) is 6.20. The van der Waals surface area contributed by atoms with Crippen LogP contribution in [0.3, 0.4) is 0 Å². The maximum Gasteiger partial charge on any atom is 0.242 e. The number of amides is 1. The van der Waals surface area contributed by atoms with Crippen LogP contribution in [0.4, 0.5) is 0 Å². The van der Waals surface area contributed by atoms with E-state index in [2.05, 4.69) is 10.3 Å². The highest BCUT2D eigenvalue weighted by atomic mass is 16.2. The summed E-state index contributed by atoms with van der Waals surface area (Å²) in [5, 5.41) is 2.62. The van der Waals surface area contributed by atoms with Gasteiger partial charge in [0.2, 0.25) is 5.91 Å². The van der Waals surface area contributed by atoms with E-state index in [0.29, 0.717) is 0 Å². The number of hydrogen-bond acceptors (Lipinski definition) is 2. The number of nitrogens with one attached hydrogen (secondary N) is 1. The molecule has 0 spiro atoms. The van der Waals surface area contributed by atoms with Crippen LogP contribution >= 0.6 is 0 Å². The van der Waals surface area contributed by atoms with Crippen LogP contribution in [0.25, 0.3) is 0 Å². The van der Waals surface area contributed by atoms with Gasteiger partial charge in [0.1, 0.15) is 11.9 Å². The lowest BCUT2D eigenvalue weighted by atomic mass is 10.3. The van der Waals surface area contributed by atoms with Gasteiger partial charge in [-0.25, -0.2) is 4.98 Å². The molecule has 13 heavy (non-hydrogen) atoms. The third kappa shape index (κ3) is 1.88. The van der Waals surface area contributed by atoms with Crippen molar-refractivity contribution < 1.29 is 4.79 Å². The zero-order valence-corrected chi connectivity index (χ0v) is 8.24. The zero-order valence-electron chi connectivity index (χ0n) is 8.24. The molecule has 0 bridgehead atoms. The molecule has 0 aliphatic carbocycles. The summed E-state index contributed by atoms with van der Waals surface area (Å²) in [6.45, 7) is 3.88. The number of hydrogen-bond donors (Lipinski definition) is 1. The molecule has 0 aliphatic rings. The second-order valence-corrected chi connectivity index (χ2v) is 2.89. The van der Waals surface area contributed by atoms with E-state index >= 15 is 0 Å². The Morgan fingerprint density at radius 1 is 1.77 bits per heavy atom. The fraction of sp³-hybridized carbons (Fsp3) is 0.556. The summed E-state index contributed by atoms with van der Waals surface area (Å²) in [4.78, 5) is 15.5. The third-order valence-electron chi connectivity index (χ3n) is 2.11. The lowest BCUT2D eigenvalue weighted by Crippen LogP contribution is -2.28. The predicted octanol–water partition coefficient (Wildman–Crippen LogP) is 0.752. The number of rotatable bonds is 3. The van der Waals surface area contributed by atoms with Crippen molar-refractivity contribution >= 4 is 5.91 Å². The van der Waals surface area contributed by atoms with Crippen LogP contribution in [0.5, 0.6) is 0 Å². The Balaban J connectivity index is 2.87. The molecule has 1 N–H and O–H groups in total. The van der Waals surface area contributed by atoms with Crippen LogP contribution in [-0.2, 0) is 11.2 Å². The molecule has 72 valence electrons. The minimum Gasteiger partial charge on any atom is -0.357 e. The van der Waals surface area contributed by atoms with Crippen LogP contribution in [0.15, 0.2) is 12.4 Å². The normalized spacial score (nSPS) is 12.5. The minimum atomic E-state index is -0.178. The Hall–Kier alpha value is -1.32. The molecule has 0 aromatic carbocycles. The van der Waals surface area contributed by atoms with E-state index in [4.69, 9.17) is 0 Å². The Morgan fingerprint density at radius 3 is 3.00 bits per heavy atom. The number of carbonyl (C=O) groups excluding carboxylic acids is 1. The van der Waals surface area contributed by atoms with Gasteiger partial charge >= 0.3 is 0 Å². The Kier molecular flexibility index (Phi) is 3.06. The number of likely N-dealkylation sites (N-methyl/N-ethyl adjacent to an activating group) is 1. The van der Waals surface area contributed by atoms with Crippen LogP contribution in [0, 0.1) is 0 Å². The van der Waals surface area contributed by atoms with Gasteiger partial charge in [-0.15, -0.1) is 0 Å². The van der Waals surface area contributed by atoms with Gasteiger partial charge in [-0.2, -0.15) is 0 Å². The molecule has 0 radical (unpaired) electrons. The Labute approximate surface area is 78.0 Å². The van der Waals surface area contributed by atoms with Crippen molar-refractivity contribution in [3.8, 4) is 0 Å². The van der Waals surface area contributed by atoms with Gasteiger partial charge in [0.25, 0.3) is 0 Å². The van der Waals surface area contributed by atoms with Crippen molar-refractivity contribution in [1.82, 2.24) is 14.9 Å². The zero-order chi connectivity index (χ0) is 9.84. The van der Waals surface area contributed by atoms with E-state index < -0.39 is 0 Å². The van der Waals surface area contributed by atoms with Gasteiger partial charge in [-0.05, 0) is 6.92 Å². The van der Waals surface area contributed by atoms with Crippen LogP contribution in [0.1, 0.15) is 25.7 Å². The smallest absolute Gasteiger partial charge is 0.242 e. The molecule has 0 saturated carbocycles. The van der Waals surface area contributed by atoms with Crippen LogP contribution in [0.2, 0.25) is 0 Å². The Morgan fingerprint density at radius 2 is 2.46 bits per heavy atom. The van der Waals surface area contributed by atoms with Gasteiger partial charge in [0.15, 0.2) is 0 Å². The topological polar surface area (TPSA) is 46.9 Å². The minimum absolute atomic E-state index is 0.00713. The lowest BCUT2D eigenvalue weighted by molar-refractivity contribution is -0.123. The summed E-state index contributed by atoms with van der Waals surface area (Å²) < 4.78 is 1.89. The Bertz CT molecular complexity index is 293. The van der Waals surface area contributed by atoms with E-state index in [1.165, 1.54) is 0 Å². The molecule has 0 aliphatic heterocycles. The first-order valence-corrected chi connectivity index (χ1v) is 4.44. The number of carbonyl (C=O) groups is 1. The molecule has 4 heteroatoms. The second kappa shape index (κ2) is 4.07. The lowest BCUT2D eigenvalue weighted by Gasteiger charge is -2.13. The summed E-state index contributed by atoms with van der Waals surface area (Å²) in [7, 11) is 1.64. The largest absolute Gasteiger partial charge is 0.357 e. The number of nitrogens with zero attached hydrogens (tertiary/aromatic N) is 2. The molecule has 1 heterocycles. The van der Waals surface area contributed by atoms with Gasteiger partial charge in [-0.3, -0.25) is 4.79 Å². The summed E-state index contributed by atoms with van der Waals surface area (Å²) >= 11 is 0. The van der Waals surface area contributed by atoms with E-state index in [1.807, 2.05) is 24.6 Å². The molecule has 4 nitrogen and oxygen atoms in total. The van der Waals surface area contributed by atoms with Crippen molar-refractivity contribution in [2.75, 3.05) is 7.05 Å². The van der Waals surface area contributed by atoms with E-state index in [0.717, 1.165) is 12.2 Å². The van der Waals surface area contributed by atoms with Crippen molar-refractivity contribution in [1.29, 1.82) is 0 Å². The molecule has 1 aromatic rings. The predicted molar refractivity (Wildman–Crippen MR) is 50.4 cm³/mol. The third-order valence-corrected chi connectivity index (χ3v) is 2.11. The number of aryl methyl sites for hydroxylation is 1. The number of imidazole rings is 1. The highest BCUT2D eigenvalue weighted by Gasteiger charge is 2.14. The average Bonchev–Trinajstić information content (AvgIpc) is 2.62. The highest BCUT2D eigenvalue weighted by molar-refractivity contribution is 5.79. The second-order valence-electron chi connectivity index (χ2n) is 2.89. The van der Waals surface area contributed by atoms with Crippen molar-refractivity contribution in [3.63, 3.8) is 0 Å². The summed E-state index contributed by atoms with van der Waals surface area (Å²) in [6.07, 6.45) is 4.39. The van der Waals surface area contributed by atoms with Crippen molar-refractivity contribution in [2.24, 2.45) is 0 Å². The van der Waals surface area contributed by atoms with Crippen molar-refractivity contribution in [2.45, 2.75) is 26.3 Å². The summed E-state index contributed by atoms with van der Waals surface area (Å²) in [6, 6.07) is -0.178. The van der Waals surface area contributed by atoms with Crippen molar-refractivity contribution in [3.05, 3.63) is 18.2 Å². The maximum absolute atomic E-state index is 11.3. The monoisotopic (exact) mass is 181 g/mol. The molecule has 1 unspecified atom stereocenters. The molecule has 0 saturated heterocycles. The molecule has 0 fully saturated rings. The van der Waals surface area contributed by atoms with Gasteiger partial charge in [-0.1, -0.05) is 6.92 Å². The summed E-state index contributed by atoms with van der Waals surface area (Å²) in [5.41, 5.74) is 0. The molecule has 1 atom stereocenters.